The van der Waals surface area contributed by atoms with Crippen LogP contribution in [0.3, 0.4) is 0 Å². The van der Waals surface area contributed by atoms with Crippen LogP contribution < -0.4 is 10.6 Å². The second kappa shape index (κ2) is 8.57. The predicted octanol–water partition coefficient (Wildman–Crippen LogP) is 2.19. The summed E-state index contributed by atoms with van der Waals surface area (Å²) in [5.74, 6) is -0.217. The number of amides is 2. The van der Waals surface area contributed by atoms with Gasteiger partial charge in [-0.2, -0.15) is 0 Å². The van der Waals surface area contributed by atoms with E-state index in [2.05, 4.69) is 23.6 Å². The maximum atomic E-state index is 12.6. The number of rotatable bonds is 6. The Morgan fingerprint density at radius 1 is 1.43 bits per heavy atom. The van der Waals surface area contributed by atoms with E-state index < -0.39 is 0 Å². The molecule has 1 aromatic carbocycles. The van der Waals surface area contributed by atoms with Crippen LogP contribution in [0.4, 0.5) is 0 Å². The number of hydrogen-bond acceptors (Lipinski definition) is 4. The van der Waals surface area contributed by atoms with Crippen molar-refractivity contribution >= 4 is 46.1 Å². The van der Waals surface area contributed by atoms with Gasteiger partial charge < -0.3 is 19.9 Å². The van der Waals surface area contributed by atoms with E-state index >= 15 is 0 Å². The van der Waals surface area contributed by atoms with Crippen molar-refractivity contribution < 1.29 is 14.3 Å². The number of hydrogen-bond donors (Lipinski definition) is 2. The van der Waals surface area contributed by atoms with Crippen molar-refractivity contribution in [1.82, 2.24) is 20.1 Å². The number of nitrogens with one attached hydrogen (secondary N) is 2. The molecule has 0 radical (unpaired) electrons. The fourth-order valence-corrected chi connectivity index (χ4v) is 4.21. The molecular formula is C22H26N4O3S. The first kappa shape index (κ1) is 20.6. The minimum Gasteiger partial charge on any atom is -0.376 e. The highest BCUT2D eigenvalue weighted by molar-refractivity contribution is 7.80. The van der Waals surface area contributed by atoms with Gasteiger partial charge in [0.15, 0.2) is 5.11 Å². The minimum absolute atomic E-state index is 0.0523. The molecule has 0 bridgehead atoms. The molecule has 158 valence electrons. The van der Waals surface area contributed by atoms with Gasteiger partial charge in [-0.3, -0.25) is 14.5 Å². The fourth-order valence-electron chi connectivity index (χ4n) is 4.01. The summed E-state index contributed by atoms with van der Waals surface area (Å²) >= 11 is 5.17. The largest absolute Gasteiger partial charge is 0.376 e. The van der Waals surface area contributed by atoms with Crippen LogP contribution in [-0.4, -0.2) is 52.7 Å². The number of carbonyl (C=O) groups excluding carboxylic acids is 2. The molecule has 8 heteroatoms. The van der Waals surface area contributed by atoms with Crippen LogP contribution >= 0.6 is 12.2 Å². The number of para-hydroxylation sites is 1. The second-order valence-corrected chi connectivity index (χ2v) is 8.06. The molecule has 7 nitrogen and oxygen atoms in total. The van der Waals surface area contributed by atoms with Crippen molar-refractivity contribution in [1.29, 1.82) is 0 Å². The van der Waals surface area contributed by atoms with Crippen LogP contribution in [0.2, 0.25) is 0 Å². The molecule has 2 saturated heterocycles. The van der Waals surface area contributed by atoms with Crippen molar-refractivity contribution in [3.8, 4) is 0 Å². The molecule has 1 atom stereocenters. The summed E-state index contributed by atoms with van der Waals surface area (Å²) in [6.07, 6.45) is 6.73. The van der Waals surface area contributed by atoms with Crippen molar-refractivity contribution in [2.75, 3.05) is 20.2 Å². The number of fused-ring (bicyclic) bond motifs is 1. The van der Waals surface area contributed by atoms with Gasteiger partial charge >= 0.3 is 0 Å². The predicted molar refractivity (Wildman–Crippen MR) is 120 cm³/mol. The van der Waals surface area contributed by atoms with Crippen LogP contribution in [0.15, 0.2) is 30.1 Å². The second-order valence-electron chi connectivity index (χ2n) is 7.67. The van der Waals surface area contributed by atoms with Crippen molar-refractivity contribution in [3.05, 3.63) is 41.2 Å². The third-order valence-electron chi connectivity index (χ3n) is 5.64. The van der Waals surface area contributed by atoms with Crippen LogP contribution in [0.5, 0.6) is 0 Å². The third-order valence-corrected chi connectivity index (χ3v) is 6.02. The number of carbonyl (C=O) groups is 2. The summed E-state index contributed by atoms with van der Waals surface area (Å²) in [6.45, 7) is 3.62. The van der Waals surface area contributed by atoms with E-state index in [9.17, 15) is 9.59 Å². The van der Waals surface area contributed by atoms with Crippen LogP contribution in [0.25, 0.3) is 17.0 Å². The highest BCUT2D eigenvalue weighted by Gasteiger charge is 2.27. The quantitative estimate of drug-likeness (QED) is 0.547. The molecule has 2 N–H and O–H groups in total. The number of thiocarbonyl (C=S) groups is 1. The zero-order chi connectivity index (χ0) is 21.3. The number of nitrogens with zero attached hydrogens (tertiary/aromatic N) is 2. The topological polar surface area (TPSA) is 75.6 Å². The number of ether oxygens (including phenoxy) is 1. The van der Waals surface area contributed by atoms with E-state index in [4.69, 9.17) is 17.0 Å². The van der Waals surface area contributed by atoms with Crippen molar-refractivity contribution in [2.45, 2.75) is 38.8 Å². The number of benzene rings is 1. The lowest BCUT2D eigenvalue weighted by Crippen LogP contribution is -2.34. The lowest BCUT2D eigenvalue weighted by atomic mass is 10.1. The molecule has 2 amide bonds. The lowest BCUT2D eigenvalue weighted by molar-refractivity contribution is -0.122. The van der Waals surface area contributed by atoms with Crippen molar-refractivity contribution in [3.63, 3.8) is 0 Å². The van der Waals surface area contributed by atoms with Gasteiger partial charge in [-0.1, -0.05) is 25.1 Å². The molecule has 2 aliphatic heterocycles. The summed E-state index contributed by atoms with van der Waals surface area (Å²) in [4.78, 5) is 26.4. The molecule has 2 aliphatic rings. The van der Waals surface area contributed by atoms with E-state index in [1.807, 2.05) is 22.9 Å². The van der Waals surface area contributed by atoms with Crippen LogP contribution in [-0.2, 0) is 27.3 Å². The minimum atomic E-state index is -0.165. The lowest BCUT2D eigenvalue weighted by Gasteiger charge is -2.12. The van der Waals surface area contributed by atoms with Crippen LogP contribution in [0.1, 0.15) is 30.9 Å². The molecule has 0 unspecified atom stereocenters. The molecule has 3 heterocycles. The van der Waals surface area contributed by atoms with E-state index in [-0.39, 0.29) is 24.5 Å². The molecule has 2 aromatic rings. The number of aromatic nitrogens is 1. The van der Waals surface area contributed by atoms with Gasteiger partial charge in [0.2, 0.25) is 5.91 Å². The Hall–Kier alpha value is -2.71. The molecule has 0 aliphatic carbocycles. The zero-order valence-electron chi connectivity index (χ0n) is 17.2. The monoisotopic (exact) mass is 426 g/mol. The first-order valence-corrected chi connectivity index (χ1v) is 10.7. The molecule has 0 spiro atoms. The molecule has 30 heavy (non-hydrogen) atoms. The highest BCUT2D eigenvalue weighted by atomic mass is 32.1. The van der Waals surface area contributed by atoms with Gasteiger partial charge in [0, 0.05) is 37.3 Å². The highest BCUT2D eigenvalue weighted by Crippen LogP contribution is 2.28. The normalized spacial score (nSPS) is 20.4. The zero-order valence-corrected chi connectivity index (χ0v) is 18.1. The number of likely N-dealkylation sites (N-methyl/N-ethyl adjacent to an activating group) is 1. The Kier molecular flexibility index (Phi) is 5.87. The summed E-state index contributed by atoms with van der Waals surface area (Å²) in [7, 11) is 1.65. The summed E-state index contributed by atoms with van der Waals surface area (Å²) in [5, 5.41) is 7.34. The smallest absolute Gasteiger partial charge is 0.276 e. The standard InChI is InChI=1S/C22H26N4O3S/c1-3-14-6-4-8-17-15(10-18-21(28)25(2)22(30)24-18)12-26(20(14)17)13-19(27)23-11-16-7-5-9-29-16/h4,6,8,10,12,16H,3,5,7,9,11,13H2,1-2H3,(H,23,27)(H,24,30)/b18-10+/t16-/m1/s1. The maximum absolute atomic E-state index is 12.6. The Morgan fingerprint density at radius 2 is 2.27 bits per heavy atom. The summed E-state index contributed by atoms with van der Waals surface area (Å²) in [5.41, 5.74) is 3.48. The van der Waals surface area contributed by atoms with Crippen LogP contribution in [0, 0.1) is 0 Å². The molecular weight excluding hydrogens is 400 g/mol. The SMILES string of the molecule is CCc1cccc2c(/C=C3/NC(=S)N(C)C3=O)cn(CC(=O)NC[C@H]3CCCO3)c12. The van der Waals surface area contributed by atoms with E-state index in [1.165, 1.54) is 4.90 Å². The molecule has 4 rings (SSSR count). The summed E-state index contributed by atoms with van der Waals surface area (Å²) < 4.78 is 7.55. The molecule has 1 aromatic heterocycles. The molecule has 2 fully saturated rings. The van der Waals surface area contributed by atoms with E-state index in [1.54, 1.807) is 13.1 Å². The fraction of sp³-hybridized carbons (Fsp3) is 0.409. The van der Waals surface area contributed by atoms with Gasteiger partial charge in [-0.25, -0.2) is 0 Å². The Morgan fingerprint density at radius 3 is 2.93 bits per heavy atom. The third kappa shape index (κ3) is 3.97. The Labute approximate surface area is 181 Å². The summed E-state index contributed by atoms with van der Waals surface area (Å²) in [6, 6.07) is 6.09. The Balaban J connectivity index is 1.63. The maximum Gasteiger partial charge on any atom is 0.276 e. The van der Waals surface area contributed by atoms with Gasteiger partial charge in [0.25, 0.3) is 5.91 Å². The van der Waals surface area contributed by atoms with E-state index in [0.717, 1.165) is 47.9 Å². The van der Waals surface area contributed by atoms with Gasteiger partial charge in [0.05, 0.1) is 11.6 Å². The average Bonchev–Trinajstić information content (AvgIpc) is 3.44. The van der Waals surface area contributed by atoms with Crippen molar-refractivity contribution in [2.24, 2.45) is 0 Å². The number of aryl methyl sites for hydroxylation is 1. The average molecular weight is 427 g/mol. The molecule has 0 saturated carbocycles. The van der Waals surface area contributed by atoms with Gasteiger partial charge in [0.1, 0.15) is 12.2 Å². The van der Waals surface area contributed by atoms with Gasteiger partial charge in [-0.05, 0) is 43.1 Å². The van der Waals surface area contributed by atoms with E-state index in [0.29, 0.717) is 17.4 Å². The first-order valence-electron chi connectivity index (χ1n) is 10.3. The van der Waals surface area contributed by atoms with Gasteiger partial charge in [-0.15, -0.1) is 0 Å². The Bertz CT molecular complexity index is 1040. The first-order chi connectivity index (χ1) is 14.5.